The molecule has 0 aromatic carbocycles. The first kappa shape index (κ1) is 11.0. The zero-order chi connectivity index (χ0) is 10.9. The van der Waals surface area contributed by atoms with Gasteiger partial charge in [0.1, 0.15) is 6.04 Å². The van der Waals surface area contributed by atoms with Gasteiger partial charge in [-0.25, -0.2) is 0 Å². The Labute approximate surface area is 91.0 Å². The van der Waals surface area contributed by atoms with Gasteiger partial charge < -0.3 is 10.6 Å². The van der Waals surface area contributed by atoms with E-state index in [1.165, 1.54) is 4.90 Å². The van der Waals surface area contributed by atoms with Gasteiger partial charge in [-0.3, -0.25) is 9.48 Å². The summed E-state index contributed by atoms with van der Waals surface area (Å²) in [5.41, 5.74) is 5.55. The largest absolute Gasteiger partial charge is 0.381 e. The average molecular weight is 261 g/mol. The Morgan fingerprint density at radius 3 is 2.64 bits per heavy atom. The predicted octanol–water partition coefficient (Wildman–Crippen LogP) is 0.877. The van der Waals surface area contributed by atoms with Crippen molar-refractivity contribution in [1.82, 2.24) is 14.7 Å². The number of carbonyl (C=O) groups is 1. The molecule has 14 heavy (non-hydrogen) atoms. The molecule has 0 saturated heterocycles. The fraction of sp³-hybridized carbons (Fsp3) is 0.500. The second-order valence-corrected chi connectivity index (χ2v) is 4.11. The van der Waals surface area contributed by atoms with E-state index in [9.17, 15) is 4.79 Å². The molecular weight excluding hydrogens is 248 g/mol. The highest BCUT2D eigenvalue weighted by molar-refractivity contribution is 9.10. The van der Waals surface area contributed by atoms with E-state index in [4.69, 9.17) is 5.73 Å². The summed E-state index contributed by atoms with van der Waals surface area (Å²) in [7, 11) is 3.42. The molecule has 0 bridgehead atoms. The summed E-state index contributed by atoms with van der Waals surface area (Å²) < 4.78 is 2.25. The summed E-state index contributed by atoms with van der Waals surface area (Å²) in [6, 6.07) is -0.335. The van der Waals surface area contributed by atoms with Crippen LogP contribution in [-0.4, -0.2) is 34.7 Å². The standard InChI is InChI=1S/C8H13BrN4O/c1-5(8(14)12(2)3)13-4-6(9)7(10)11-13/h4-5H,1-3H3,(H2,10,11). The highest BCUT2D eigenvalue weighted by atomic mass is 79.9. The number of nitrogens with two attached hydrogens (primary N) is 1. The molecule has 1 aromatic heterocycles. The van der Waals surface area contributed by atoms with E-state index in [0.29, 0.717) is 10.3 Å². The fourth-order valence-electron chi connectivity index (χ4n) is 1.07. The predicted molar refractivity (Wildman–Crippen MR) is 57.7 cm³/mol. The third-order valence-corrected chi connectivity index (χ3v) is 2.52. The van der Waals surface area contributed by atoms with Gasteiger partial charge in [0.05, 0.1) is 4.47 Å². The van der Waals surface area contributed by atoms with Crippen LogP contribution in [0.15, 0.2) is 10.7 Å². The van der Waals surface area contributed by atoms with Crippen LogP contribution in [0.3, 0.4) is 0 Å². The van der Waals surface area contributed by atoms with Crippen LogP contribution in [0.25, 0.3) is 0 Å². The Bertz CT molecular complexity index is 328. The normalized spacial score (nSPS) is 12.6. The number of nitrogens with zero attached hydrogens (tertiary/aromatic N) is 3. The quantitative estimate of drug-likeness (QED) is 0.859. The maximum absolute atomic E-state index is 11.6. The molecule has 1 heterocycles. The molecule has 0 aliphatic rings. The van der Waals surface area contributed by atoms with Gasteiger partial charge in [-0.2, -0.15) is 5.10 Å². The van der Waals surface area contributed by atoms with Gasteiger partial charge in [-0.1, -0.05) is 0 Å². The number of nitrogen functional groups attached to an aromatic ring is 1. The molecule has 1 rings (SSSR count). The van der Waals surface area contributed by atoms with Crippen LogP contribution in [0.2, 0.25) is 0 Å². The van der Waals surface area contributed by atoms with Crippen LogP contribution in [0, 0.1) is 0 Å². The van der Waals surface area contributed by atoms with Crippen molar-refractivity contribution < 1.29 is 4.79 Å². The Morgan fingerprint density at radius 1 is 1.71 bits per heavy atom. The van der Waals surface area contributed by atoms with Gasteiger partial charge in [-0.15, -0.1) is 0 Å². The third kappa shape index (κ3) is 2.06. The lowest BCUT2D eigenvalue weighted by Gasteiger charge is -2.16. The lowest BCUT2D eigenvalue weighted by Crippen LogP contribution is -2.30. The van der Waals surface area contributed by atoms with E-state index in [1.807, 2.05) is 0 Å². The Balaban J connectivity index is 2.89. The van der Waals surface area contributed by atoms with Crippen molar-refractivity contribution in [2.45, 2.75) is 13.0 Å². The van der Waals surface area contributed by atoms with Crippen molar-refractivity contribution >= 4 is 27.7 Å². The summed E-state index contributed by atoms with van der Waals surface area (Å²) in [6.45, 7) is 1.78. The molecule has 0 radical (unpaired) electrons. The first-order valence-corrected chi connectivity index (χ1v) is 4.94. The highest BCUT2D eigenvalue weighted by Crippen LogP contribution is 2.19. The molecule has 0 aliphatic heterocycles. The van der Waals surface area contributed by atoms with Crippen molar-refractivity contribution in [3.8, 4) is 0 Å². The summed E-state index contributed by atoms with van der Waals surface area (Å²) >= 11 is 3.24. The van der Waals surface area contributed by atoms with E-state index >= 15 is 0 Å². The molecule has 0 saturated carbocycles. The van der Waals surface area contributed by atoms with Gasteiger partial charge in [0.2, 0.25) is 5.91 Å². The second kappa shape index (κ2) is 4.00. The van der Waals surface area contributed by atoms with E-state index in [1.54, 1.807) is 31.9 Å². The van der Waals surface area contributed by atoms with Crippen LogP contribution in [-0.2, 0) is 4.79 Å². The zero-order valence-corrected chi connectivity index (χ0v) is 9.95. The number of aromatic nitrogens is 2. The maximum atomic E-state index is 11.6. The first-order chi connectivity index (χ1) is 6.43. The number of rotatable bonds is 2. The molecule has 0 spiro atoms. The van der Waals surface area contributed by atoms with Crippen LogP contribution in [0.5, 0.6) is 0 Å². The van der Waals surface area contributed by atoms with Crippen molar-refractivity contribution in [1.29, 1.82) is 0 Å². The van der Waals surface area contributed by atoms with Gasteiger partial charge in [0.25, 0.3) is 0 Å². The molecule has 1 aromatic rings. The van der Waals surface area contributed by atoms with Crippen LogP contribution >= 0.6 is 15.9 Å². The van der Waals surface area contributed by atoms with E-state index < -0.39 is 0 Å². The summed E-state index contributed by atoms with van der Waals surface area (Å²) in [6.07, 6.45) is 1.70. The number of hydrogen-bond acceptors (Lipinski definition) is 3. The topological polar surface area (TPSA) is 64.2 Å². The average Bonchev–Trinajstić information content (AvgIpc) is 2.44. The third-order valence-electron chi connectivity index (χ3n) is 1.91. The van der Waals surface area contributed by atoms with E-state index in [2.05, 4.69) is 21.0 Å². The minimum atomic E-state index is -0.335. The molecule has 1 atom stereocenters. The maximum Gasteiger partial charge on any atom is 0.246 e. The highest BCUT2D eigenvalue weighted by Gasteiger charge is 2.18. The molecule has 6 heteroatoms. The Morgan fingerprint density at radius 2 is 2.29 bits per heavy atom. The van der Waals surface area contributed by atoms with Gasteiger partial charge in [-0.05, 0) is 22.9 Å². The van der Waals surface area contributed by atoms with E-state index in [-0.39, 0.29) is 11.9 Å². The molecule has 2 N–H and O–H groups in total. The Kier molecular flexibility index (Phi) is 3.15. The molecule has 78 valence electrons. The van der Waals surface area contributed by atoms with Gasteiger partial charge in [0.15, 0.2) is 5.82 Å². The lowest BCUT2D eigenvalue weighted by atomic mass is 10.3. The fourth-order valence-corrected chi connectivity index (χ4v) is 1.36. The second-order valence-electron chi connectivity index (χ2n) is 3.25. The molecule has 0 fully saturated rings. The van der Waals surface area contributed by atoms with E-state index in [0.717, 1.165) is 0 Å². The van der Waals surface area contributed by atoms with Gasteiger partial charge >= 0.3 is 0 Å². The first-order valence-electron chi connectivity index (χ1n) is 4.14. The van der Waals surface area contributed by atoms with Crippen LogP contribution < -0.4 is 5.73 Å². The van der Waals surface area contributed by atoms with Crippen molar-refractivity contribution in [3.63, 3.8) is 0 Å². The number of likely N-dealkylation sites (N-methyl/N-ethyl adjacent to an activating group) is 1. The summed E-state index contributed by atoms with van der Waals surface area (Å²) in [5, 5.41) is 4.01. The monoisotopic (exact) mass is 260 g/mol. The van der Waals surface area contributed by atoms with Gasteiger partial charge in [0, 0.05) is 20.3 Å². The number of carbonyl (C=O) groups excluding carboxylic acids is 1. The molecule has 1 amide bonds. The minimum Gasteiger partial charge on any atom is -0.381 e. The number of halogens is 1. The molecule has 1 unspecified atom stereocenters. The summed E-state index contributed by atoms with van der Waals surface area (Å²) in [5.74, 6) is 0.378. The molecular formula is C8H13BrN4O. The van der Waals surface area contributed by atoms with Crippen molar-refractivity contribution in [3.05, 3.63) is 10.7 Å². The summed E-state index contributed by atoms with van der Waals surface area (Å²) in [4.78, 5) is 13.1. The van der Waals surface area contributed by atoms with Crippen LogP contribution in [0.4, 0.5) is 5.82 Å². The SMILES string of the molecule is CC(C(=O)N(C)C)n1cc(Br)c(N)n1. The number of hydrogen-bond donors (Lipinski definition) is 1. The Hall–Kier alpha value is -1.04. The number of amides is 1. The number of anilines is 1. The zero-order valence-electron chi connectivity index (χ0n) is 8.36. The van der Waals surface area contributed by atoms with Crippen molar-refractivity contribution in [2.75, 3.05) is 19.8 Å². The smallest absolute Gasteiger partial charge is 0.246 e. The molecule has 5 nitrogen and oxygen atoms in total. The van der Waals surface area contributed by atoms with Crippen LogP contribution in [0.1, 0.15) is 13.0 Å². The minimum absolute atomic E-state index is 0.0139. The lowest BCUT2D eigenvalue weighted by molar-refractivity contribution is -0.131. The van der Waals surface area contributed by atoms with Crippen molar-refractivity contribution in [2.24, 2.45) is 0 Å². The molecule has 0 aliphatic carbocycles.